The van der Waals surface area contributed by atoms with E-state index in [4.69, 9.17) is 13.8 Å². The van der Waals surface area contributed by atoms with Crippen molar-refractivity contribution in [3.8, 4) is 0 Å². The molecule has 0 saturated carbocycles. The molecule has 0 fully saturated rings. The molecular weight excluding hydrogens is 327 g/mol. The summed E-state index contributed by atoms with van der Waals surface area (Å²) in [6, 6.07) is 0. The van der Waals surface area contributed by atoms with Gasteiger partial charge in [-0.15, -0.1) is 0 Å². The average molecular weight is 362 g/mol. The molecule has 0 aliphatic carbocycles. The lowest BCUT2D eigenvalue weighted by Crippen LogP contribution is -2.17. The van der Waals surface area contributed by atoms with Gasteiger partial charge in [-0.25, -0.2) is 0 Å². The predicted molar refractivity (Wildman–Crippen MR) is 99.0 cm³/mol. The molecule has 142 valence electrons. The fourth-order valence-corrected chi connectivity index (χ4v) is 4.02. The second kappa shape index (κ2) is 12.7. The Bertz CT molecular complexity index is 431. The lowest BCUT2D eigenvalue weighted by Gasteiger charge is -2.25. The maximum absolute atomic E-state index is 13.0. The Labute approximate surface area is 147 Å². The van der Waals surface area contributed by atoms with Crippen LogP contribution in [0.1, 0.15) is 60.8 Å². The van der Waals surface area contributed by atoms with Gasteiger partial charge in [-0.05, 0) is 59.8 Å². The van der Waals surface area contributed by atoms with E-state index < -0.39 is 13.7 Å². The topological polar surface area (TPSA) is 65.0 Å². The molecule has 0 rings (SSSR count). The summed E-state index contributed by atoms with van der Waals surface area (Å²) in [6.45, 7) is 12.4. The number of rotatable bonds is 13. The third kappa shape index (κ3) is 9.03. The summed E-state index contributed by atoms with van der Waals surface area (Å²) in [5, 5.41) is 10.8. The summed E-state index contributed by atoms with van der Waals surface area (Å²) < 4.78 is 29.0. The molecule has 2 unspecified atom stereocenters. The summed E-state index contributed by atoms with van der Waals surface area (Å²) in [4.78, 5) is 0. The third-order valence-corrected chi connectivity index (χ3v) is 5.70. The predicted octanol–water partition coefficient (Wildman–Crippen LogP) is 5.26. The van der Waals surface area contributed by atoms with Crippen LogP contribution in [0, 0.1) is 5.92 Å². The highest BCUT2D eigenvalue weighted by Gasteiger charge is 2.35. The number of aliphatic hydroxyl groups is 1. The molecule has 0 radical (unpaired) electrons. The summed E-state index contributed by atoms with van der Waals surface area (Å²) in [6.07, 6.45) is 5.03. The second-order valence-electron chi connectivity index (χ2n) is 6.05. The van der Waals surface area contributed by atoms with E-state index in [0.29, 0.717) is 13.0 Å². The van der Waals surface area contributed by atoms with Crippen molar-refractivity contribution in [1.29, 1.82) is 0 Å². The normalized spacial score (nSPS) is 15.0. The SMILES string of the molecule is CCO/C=C(\C(O)CC(C)CCC=C(C)C)P(=O)(OCC)OCC. The van der Waals surface area contributed by atoms with Crippen LogP contribution in [-0.4, -0.2) is 31.0 Å². The van der Waals surface area contributed by atoms with E-state index >= 15 is 0 Å². The summed E-state index contributed by atoms with van der Waals surface area (Å²) in [7, 11) is -3.54. The molecule has 0 amide bonds. The van der Waals surface area contributed by atoms with Gasteiger partial charge in [-0.2, -0.15) is 0 Å². The molecule has 0 bridgehead atoms. The Kier molecular flexibility index (Phi) is 12.4. The molecular formula is C18H35O5P. The van der Waals surface area contributed by atoms with E-state index in [9.17, 15) is 9.67 Å². The number of ether oxygens (including phenoxy) is 1. The van der Waals surface area contributed by atoms with Gasteiger partial charge in [0.25, 0.3) is 0 Å². The minimum Gasteiger partial charge on any atom is -0.501 e. The first-order chi connectivity index (χ1) is 11.3. The lowest BCUT2D eigenvalue weighted by molar-refractivity contribution is 0.160. The van der Waals surface area contributed by atoms with Crippen molar-refractivity contribution in [3.63, 3.8) is 0 Å². The van der Waals surface area contributed by atoms with Crippen molar-refractivity contribution in [2.24, 2.45) is 5.92 Å². The minimum atomic E-state index is -3.54. The van der Waals surface area contributed by atoms with Crippen LogP contribution in [0.15, 0.2) is 23.2 Å². The summed E-state index contributed by atoms with van der Waals surface area (Å²) >= 11 is 0. The average Bonchev–Trinajstić information content (AvgIpc) is 2.47. The van der Waals surface area contributed by atoms with Crippen LogP contribution in [0.25, 0.3) is 0 Å². The third-order valence-electron chi connectivity index (χ3n) is 3.46. The molecule has 0 spiro atoms. The van der Waals surface area contributed by atoms with Crippen LogP contribution in [0.2, 0.25) is 0 Å². The molecule has 0 aromatic rings. The highest BCUT2D eigenvalue weighted by atomic mass is 31.2. The molecule has 24 heavy (non-hydrogen) atoms. The van der Waals surface area contributed by atoms with Gasteiger partial charge in [-0.3, -0.25) is 4.57 Å². The maximum atomic E-state index is 13.0. The van der Waals surface area contributed by atoms with Crippen LogP contribution < -0.4 is 0 Å². The molecule has 0 aliphatic rings. The van der Waals surface area contributed by atoms with E-state index in [1.807, 2.05) is 6.92 Å². The molecule has 0 aliphatic heterocycles. The van der Waals surface area contributed by atoms with E-state index in [0.717, 1.165) is 12.8 Å². The van der Waals surface area contributed by atoms with Crippen molar-refractivity contribution >= 4 is 7.60 Å². The molecule has 0 aromatic carbocycles. The van der Waals surface area contributed by atoms with Crippen molar-refractivity contribution in [3.05, 3.63) is 23.2 Å². The highest BCUT2D eigenvalue weighted by Crippen LogP contribution is 2.57. The zero-order valence-electron chi connectivity index (χ0n) is 16.1. The highest BCUT2D eigenvalue weighted by molar-refractivity contribution is 7.58. The van der Waals surface area contributed by atoms with E-state index in [-0.39, 0.29) is 24.4 Å². The Hall–Kier alpha value is -0.610. The van der Waals surface area contributed by atoms with Gasteiger partial charge in [0.05, 0.1) is 32.2 Å². The van der Waals surface area contributed by atoms with Crippen molar-refractivity contribution in [1.82, 2.24) is 0 Å². The molecule has 5 nitrogen and oxygen atoms in total. The quantitative estimate of drug-likeness (QED) is 0.275. The van der Waals surface area contributed by atoms with Crippen LogP contribution in [0.5, 0.6) is 0 Å². The molecule has 6 heteroatoms. The van der Waals surface area contributed by atoms with Crippen molar-refractivity contribution < 1.29 is 23.5 Å². The Morgan fingerprint density at radius 3 is 2.17 bits per heavy atom. The standard InChI is InChI=1S/C18H35O5P/c1-7-21-14-18(24(20,22-8-2)23-9-3)17(19)13-16(6)12-10-11-15(4)5/h11,14,16-17,19H,7-10,12-13H2,1-6H3/b18-14+. The molecule has 1 N–H and O–H groups in total. The van der Waals surface area contributed by atoms with Gasteiger partial charge in [0, 0.05) is 0 Å². The summed E-state index contributed by atoms with van der Waals surface area (Å²) in [5.41, 5.74) is 1.29. The fraction of sp³-hybridized carbons (Fsp3) is 0.778. The second-order valence-corrected chi connectivity index (χ2v) is 8.07. The van der Waals surface area contributed by atoms with Gasteiger partial charge in [-0.1, -0.05) is 18.6 Å². The van der Waals surface area contributed by atoms with Gasteiger partial charge in [0.1, 0.15) is 5.31 Å². The number of aliphatic hydroxyl groups excluding tert-OH is 1. The fourth-order valence-electron chi connectivity index (χ4n) is 2.30. The van der Waals surface area contributed by atoms with Gasteiger partial charge in [0.15, 0.2) is 0 Å². The molecule has 0 heterocycles. The zero-order valence-corrected chi connectivity index (χ0v) is 17.0. The molecule has 0 saturated heterocycles. The largest absolute Gasteiger partial charge is 0.501 e. The van der Waals surface area contributed by atoms with Crippen LogP contribution in [-0.2, 0) is 18.3 Å². The first-order valence-corrected chi connectivity index (χ1v) is 10.4. The van der Waals surface area contributed by atoms with Crippen LogP contribution >= 0.6 is 7.60 Å². The number of hydrogen-bond donors (Lipinski definition) is 1. The first-order valence-electron chi connectivity index (χ1n) is 8.83. The Morgan fingerprint density at radius 2 is 1.71 bits per heavy atom. The Morgan fingerprint density at radius 1 is 1.12 bits per heavy atom. The van der Waals surface area contributed by atoms with Crippen molar-refractivity contribution in [2.45, 2.75) is 66.9 Å². The molecule has 2 atom stereocenters. The monoisotopic (exact) mass is 362 g/mol. The molecule has 0 aromatic heterocycles. The van der Waals surface area contributed by atoms with Gasteiger partial charge < -0.3 is 18.9 Å². The smallest absolute Gasteiger partial charge is 0.363 e. The Balaban J connectivity index is 5.09. The number of allylic oxidation sites excluding steroid dienone is 2. The van der Waals surface area contributed by atoms with Crippen LogP contribution in [0.3, 0.4) is 0 Å². The van der Waals surface area contributed by atoms with Gasteiger partial charge in [0.2, 0.25) is 0 Å². The maximum Gasteiger partial charge on any atom is 0.363 e. The first kappa shape index (κ1) is 23.4. The van der Waals surface area contributed by atoms with E-state index in [2.05, 4.69) is 26.8 Å². The lowest BCUT2D eigenvalue weighted by atomic mass is 9.97. The van der Waals surface area contributed by atoms with Crippen molar-refractivity contribution in [2.75, 3.05) is 19.8 Å². The van der Waals surface area contributed by atoms with Crippen LogP contribution in [0.4, 0.5) is 0 Å². The summed E-state index contributed by atoms with van der Waals surface area (Å²) in [5.74, 6) is 0.275. The minimum absolute atomic E-state index is 0.210. The zero-order chi connectivity index (χ0) is 18.6. The van der Waals surface area contributed by atoms with E-state index in [1.54, 1.807) is 13.8 Å². The van der Waals surface area contributed by atoms with E-state index in [1.165, 1.54) is 11.8 Å². The van der Waals surface area contributed by atoms with Gasteiger partial charge >= 0.3 is 7.60 Å². The number of hydrogen-bond acceptors (Lipinski definition) is 5.